The number of nitrogens with zero attached hydrogens (tertiary/aromatic N) is 2. The van der Waals surface area contributed by atoms with Gasteiger partial charge in [0.25, 0.3) is 0 Å². The summed E-state index contributed by atoms with van der Waals surface area (Å²) < 4.78 is 0. The standard InChI is InChI=1S/C13H28N4O/c1-4-6-15-13(2,12(14)18)5-7-17-10-8-16(3)9-11-17/h15H,4-11H2,1-3H3,(H2,14,18). The Morgan fingerprint density at radius 2 is 1.94 bits per heavy atom. The van der Waals surface area contributed by atoms with Gasteiger partial charge in [-0.3, -0.25) is 4.79 Å². The minimum absolute atomic E-state index is 0.245. The number of nitrogens with two attached hydrogens (primary N) is 1. The summed E-state index contributed by atoms with van der Waals surface area (Å²) in [5.74, 6) is -0.245. The van der Waals surface area contributed by atoms with E-state index in [9.17, 15) is 4.79 Å². The number of nitrogens with one attached hydrogen (secondary N) is 1. The number of carbonyl (C=O) groups is 1. The van der Waals surface area contributed by atoms with Crippen molar-refractivity contribution in [2.45, 2.75) is 32.2 Å². The summed E-state index contributed by atoms with van der Waals surface area (Å²) in [6.07, 6.45) is 1.80. The van der Waals surface area contributed by atoms with Crippen molar-refractivity contribution in [1.29, 1.82) is 0 Å². The Morgan fingerprint density at radius 1 is 1.33 bits per heavy atom. The van der Waals surface area contributed by atoms with Gasteiger partial charge in [-0.1, -0.05) is 6.92 Å². The summed E-state index contributed by atoms with van der Waals surface area (Å²) in [5.41, 5.74) is 4.95. The van der Waals surface area contributed by atoms with Crippen LogP contribution in [0.15, 0.2) is 0 Å². The molecule has 0 aliphatic carbocycles. The Kier molecular flexibility index (Phi) is 6.05. The molecule has 1 heterocycles. The van der Waals surface area contributed by atoms with Crippen molar-refractivity contribution < 1.29 is 4.79 Å². The molecule has 0 saturated carbocycles. The molecule has 5 nitrogen and oxygen atoms in total. The zero-order valence-corrected chi connectivity index (χ0v) is 12.0. The smallest absolute Gasteiger partial charge is 0.237 e. The largest absolute Gasteiger partial charge is 0.368 e. The average Bonchev–Trinajstić information content (AvgIpc) is 2.35. The molecule has 1 unspecified atom stereocenters. The molecule has 18 heavy (non-hydrogen) atoms. The fourth-order valence-corrected chi connectivity index (χ4v) is 2.15. The first-order valence-electron chi connectivity index (χ1n) is 6.94. The summed E-state index contributed by atoms with van der Waals surface area (Å²) in [4.78, 5) is 16.3. The van der Waals surface area contributed by atoms with Crippen molar-refractivity contribution in [3.05, 3.63) is 0 Å². The molecule has 0 aromatic heterocycles. The second-order valence-corrected chi connectivity index (χ2v) is 5.52. The van der Waals surface area contributed by atoms with Crippen molar-refractivity contribution in [2.75, 3.05) is 46.3 Å². The van der Waals surface area contributed by atoms with E-state index in [-0.39, 0.29) is 5.91 Å². The monoisotopic (exact) mass is 256 g/mol. The van der Waals surface area contributed by atoms with Gasteiger partial charge in [0, 0.05) is 32.7 Å². The van der Waals surface area contributed by atoms with Gasteiger partial charge in [0.15, 0.2) is 0 Å². The first-order valence-corrected chi connectivity index (χ1v) is 6.94. The molecule has 1 amide bonds. The van der Waals surface area contributed by atoms with Gasteiger partial charge in [-0.05, 0) is 33.4 Å². The fourth-order valence-electron chi connectivity index (χ4n) is 2.15. The number of piperazine rings is 1. The molecule has 0 aromatic rings. The molecule has 1 fully saturated rings. The third-order valence-corrected chi connectivity index (χ3v) is 3.83. The maximum absolute atomic E-state index is 11.6. The van der Waals surface area contributed by atoms with Crippen LogP contribution in [-0.4, -0.2) is 67.6 Å². The first-order chi connectivity index (χ1) is 8.48. The lowest BCUT2D eigenvalue weighted by molar-refractivity contribution is -0.124. The zero-order chi connectivity index (χ0) is 13.6. The maximum Gasteiger partial charge on any atom is 0.237 e. The Morgan fingerprint density at radius 3 is 2.44 bits per heavy atom. The summed E-state index contributed by atoms with van der Waals surface area (Å²) in [7, 11) is 2.15. The molecular formula is C13H28N4O. The fraction of sp³-hybridized carbons (Fsp3) is 0.923. The molecule has 1 atom stereocenters. The van der Waals surface area contributed by atoms with E-state index < -0.39 is 5.54 Å². The highest BCUT2D eigenvalue weighted by molar-refractivity contribution is 5.84. The van der Waals surface area contributed by atoms with Gasteiger partial charge in [0.2, 0.25) is 5.91 Å². The quantitative estimate of drug-likeness (QED) is 0.666. The Balaban J connectivity index is 2.39. The predicted molar refractivity (Wildman–Crippen MR) is 74.4 cm³/mol. The molecule has 5 heteroatoms. The highest BCUT2D eigenvalue weighted by Gasteiger charge is 2.30. The molecule has 0 bridgehead atoms. The average molecular weight is 256 g/mol. The molecule has 1 saturated heterocycles. The highest BCUT2D eigenvalue weighted by Crippen LogP contribution is 2.11. The molecule has 3 N–H and O–H groups in total. The molecule has 1 aliphatic heterocycles. The van der Waals surface area contributed by atoms with E-state index in [0.29, 0.717) is 0 Å². The summed E-state index contributed by atoms with van der Waals surface area (Å²) >= 11 is 0. The lowest BCUT2D eigenvalue weighted by Gasteiger charge is -2.35. The van der Waals surface area contributed by atoms with Gasteiger partial charge in [0.1, 0.15) is 0 Å². The van der Waals surface area contributed by atoms with E-state index in [1.807, 2.05) is 6.92 Å². The van der Waals surface area contributed by atoms with Gasteiger partial charge in [-0.25, -0.2) is 0 Å². The van der Waals surface area contributed by atoms with Crippen LogP contribution < -0.4 is 11.1 Å². The minimum Gasteiger partial charge on any atom is -0.368 e. The summed E-state index contributed by atoms with van der Waals surface area (Å²) in [6, 6.07) is 0. The Hall–Kier alpha value is -0.650. The number of likely N-dealkylation sites (N-methyl/N-ethyl adjacent to an activating group) is 1. The van der Waals surface area contributed by atoms with E-state index in [1.54, 1.807) is 0 Å². The number of amides is 1. The lowest BCUT2D eigenvalue weighted by atomic mass is 9.96. The molecular weight excluding hydrogens is 228 g/mol. The second kappa shape index (κ2) is 7.07. The number of primary amides is 1. The third-order valence-electron chi connectivity index (χ3n) is 3.83. The van der Waals surface area contributed by atoms with Crippen LogP contribution in [0.5, 0.6) is 0 Å². The van der Waals surface area contributed by atoms with Gasteiger partial charge in [-0.2, -0.15) is 0 Å². The number of hydrogen-bond acceptors (Lipinski definition) is 4. The Bertz CT molecular complexity index is 264. The topological polar surface area (TPSA) is 61.6 Å². The van der Waals surface area contributed by atoms with Crippen LogP contribution in [0.25, 0.3) is 0 Å². The van der Waals surface area contributed by atoms with E-state index in [4.69, 9.17) is 5.73 Å². The van der Waals surface area contributed by atoms with Gasteiger partial charge in [-0.15, -0.1) is 0 Å². The molecule has 106 valence electrons. The Labute approximate surface area is 111 Å². The molecule has 1 aliphatic rings. The lowest BCUT2D eigenvalue weighted by Crippen LogP contribution is -2.55. The van der Waals surface area contributed by atoms with Gasteiger partial charge >= 0.3 is 0 Å². The summed E-state index contributed by atoms with van der Waals surface area (Å²) in [5, 5.41) is 3.28. The predicted octanol–water partition coefficient (Wildman–Crippen LogP) is -0.132. The van der Waals surface area contributed by atoms with Crippen molar-refractivity contribution in [3.63, 3.8) is 0 Å². The number of hydrogen-bond donors (Lipinski definition) is 2. The molecule has 0 spiro atoms. The van der Waals surface area contributed by atoms with E-state index in [0.717, 1.165) is 52.1 Å². The maximum atomic E-state index is 11.6. The first kappa shape index (κ1) is 15.4. The van der Waals surface area contributed by atoms with Crippen LogP contribution in [0, 0.1) is 0 Å². The van der Waals surface area contributed by atoms with Crippen LogP contribution in [0.1, 0.15) is 26.7 Å². The second-order valence-electron chi connectivity index (χ2n) is 5.52. The van der Waals surface area contributed by atoms with E-state index >= 15 is 0 Å². The number of carbonyl (C=O) groups excluding carboxylic acids is 1. The number of rotatable bonds is 7. The van der Waals surface area contributed by atoms with Gasteiger partial charge in [0.05, 0.1) is 5.54 Å². The van der Waals surface area contributed by atoms with Crippen LogP contribution >= 0.6 is 0 Å². The van der Waals surface area contributed by atoms with Crippen molar-refractivity contribution in [1.82, 2.24) is 15.1 Å². The minimum atomic E-state index is -0.570. The van der Waals surface area contributed by atoms with Crippen LogP contribution in [0.3, 0.4) is 0 Å². The SMILES string of the molecule is CCCNC(C)(CCN1CCN(C)CC1)C(N)=O. The summed E-state index contributed by atoms with van der Waals surface area (Å²) in [6.45, 7) is 10.2. The van der Waals surface area contributed by atoms with Crippen molar-refractivity contribution >= 4 is 5.91 Å². The zero-order valence-electron chi connectivity index (χ0n) is 12.0. The van der Waals surface area contributed by atoms with Crippen molar-refractivity contribution in [2.24, 2.45) is 5.73 Å². The van der Waals surface area contributed by atoms with Crippen LogP contribution in [0.2, 0.25) is 0 Å². The van der Waals surface area contributed by atoms with E-state index in [2.05, 4.69) is 29.1 Å². The highest BCUT2D eigenvalue weighted by atomic mass is 16.1. The van der Waals surface area contributed by atoms with Gasteiger partial charge < -0.3 is 20.9 Å². The normalized spacial score (nSPS) is 21.7. The van der Waals surface area contributed by atoms with Crippen LogP contribution in [0.4, 0.5) is 0 Å². The van der Waals surface area contributed by atoms with Crippen LogP contribution in [-0.2, 0) is 4.79 Å². The molecule has 0 aromatic carbocycles. The third kappa shape index (κ3) is 4.55. The van der Waals surface area contributed by atoms with Crippen molar-refractivity contribution in [3.8, 4) is 0 Å². The molecule has 1 rings (SSSR count). The molecule has 0 radical (unpaired) electrons. The van der Waals surface area contributed by atoms with E-state index in [1.165, 1.54) is 0 Å².